The third kappa shape index (κ3) is 10.1. The van der Waals surface area contributed by atoms with Gasteiger partial charge in [0.05, 0.1) is 0 Å². The number of hydrogen-bond acceptors (Lipinski definition) is 3. The van der Waals surface area contributed by atoms with Crippen LogP contribution >= 0.6 is 0 Å². The van der Waals surface area contributed by atoms with Crippen LogP contribution in [0.5, 0.6) is 0 Å². The molecule has 0 aromatic carbocycles. The lowest BCUT2D eigenvalue weighted by Gasteiger charge is -2.11. The van der Waals surface area contributed by atoms with Crippen LogP contribution in [0.2, 0.25) is 0 Å². The molecule has 0 radical (unpaired) electrons. The first kappa shape index (κ1) is 16.9. The first-order valence-electron chi connectivity index (χ1n) is 6.77. The Hall–Kier alpha value is -1.10. The third-order valence-corrected chi connectivity index (χ3v) is 2.76. The second-order valence-corrected chi connectivity index (χ2v) is 4.85. The number of carbonyl (C=O) groups is 2. The number of nitrogens with one attached hydrogen (secondary N) is 2. The van der Waals surface area contributed by atoms with Crippen LogP contribution in [-0.4, -0.2) is 30.4 Å². The summed E-state index contributed by atoms with van der Waals surface area (Å²) >= 11 is 0. The Kier molecular flexibility index (Phi) is 9.28. The molecule has 2 unspecified atom stereocenters. The van der Waals surface area contributed by atoms with Crippen molar-refractivity contribution >= 4 is 11.8 Å². The maximum atomic E-state index is 11.4. The molecular formula is C13H27N3O2. The van der Waals surface area contributed by atoms with Crippen LogP contribution in [-0.2, 0) is 9.59 Å². The summed E-state index contributed by atoms with van der Waals surface area (Å²) in [5.74, 6) is -0.0211. The normalized spacial score (nSPS) is 13.8. The molecule has 2 amide bonds. The van der Waals surface area contributed by atoms with Crippen molar-refractivity contribution < 1.29 is 9.59 Å². The fraction of sp³-hybridized carbons (Fsp3) is 0.846. The second-order valence-electron chi connectivity index (χ2n) is 4.85. The first-order chi connectivity index (χ1) is 8.45. The number of rotatable bonds is 9. The predicted molar refractivity (Wildman–Crippen MR) is 73.0 cm³/mol. The molecule has 0 aliphatic heterocycles. The van der Waals surface area contributed by atoms with Gasteiger partial charge in [0.2, 0.25) is 11.8 Å². The Morgan fingerprint density at radius 3 is 2.39 bits per heavy atom. The molecule has 0 saturated heterocycles. The van der Waals surface area contributed by atoms with Crippen molar-refractivity contribution in [1.82, 2.24) is 10.6 Å². The Labute approximate surface area is 110 Å². The van der Waals surface area contributed by atoms with Gasteiger partial charge in [-0.3, -0.25) is 9.59 Å². The van der Waals surface area contributed by atoms with Crippen LogP contribution < -0.4 is 16.4 Å². The summed E-state index contributed by atoms with van der Waals surface area (Å²) in [6, 6.07) is 0.332. The summed E-state index contributed by atoms with van der Waals surface area (Å²) in [5, 5.41) is 5.59. The lowest BCUT2D eigenvalue weighted by Crippen LogP contribution is -2.35. The Bertz CT molecular complexity index is 255. The van der Waals surface area contributed by atoms with Gasteiger partial charge in [-0.1, -0.05) is 6.92 Å². The number of hydrogen-bond donors (Lipinski definition) is 3. The van der Waals surface area contributed by atoms with Gasteiger partial charge in [0.1, 0.15) is 0 Å². The number of nitrogens with two attached hydrogens (primary N) is 1. The third-order valence-electron chi connectivity index (χ3n) is 2.76. The predicted octanol–water partition coefficient (Wildman–Crippen LogP) is 0.925. The van der Waals surface area contributed by atoms with Gasteiger partial charge in [-0.05, 0) is 33.1 Å². The molecule has 0 aliphatic rings. The minimum Gasteiger partial charge on any atom is -0.356 e. The summed E-state index contributed by atoms with van der Waals surface area (Å²) in [7, 11) is 0. The summed E-state index contributed by atoms with van der Waals surface area (Å²) in [6.45, 7) is 6.31. The lowest BCUT2D eigenvalue weighted by atomic mass is 10.1. The molecule has 0 saturated carbocycles. The van der Waals surface area contributed by atoms with Crippen molar-refractivity contribution in [2.45, 2.75) is 65.0 Å². The minimum absolute atomic E-state index is 0.00742. The van der Waals surface area contributed by atoms with Crippen molar-refractivity contribution in [3.63, 3.8) is 0 Å². The van der Waals surface area contributed by atoms with Gasteiger partial charge < -0.3 is 16.4 Å². The molecule has 0 heterocycles. The quantitative estimate of drug-likeness (QED) is 0.574. The van der Waals surface area contributed by atoms with Gasteiger partial charge >= 0.3 is 0 Å². The first-order valence-corrected chi connectivity index (χ1v) is 6.77. The minimum atomic E-state index is -0.0137. The zero-order valence-corrected chi connectivity index (χ0v) is 11.8. The summed E-state index contributed by atoms with van der Waals surface area (Å²) < 4.78 is 0. The van der Waals surface area contributed by atoms with Crippen molar-refractivity contribution in [3.05, 3.63) is 0 Å². The molecule has 106 valence electrons. The monoisotopic (exact) mass is 257 g/mol. The highest BCUT2D eigenvalue weighted by molar-refractivity contribution is 5.79. The van der Waals surface area contributed by atoms with Crippen LogP contribution in [0.3, 0.4) is 0 Å². The van der Waals surface area contributed by atoms with Crippen LogP contribution in [0.25, 0.3) is 0 Å². The molecule has 0 bridgehead atoms. The molecule has 0 rings (SSSR count). The van der Waals surface area contributed by atoms with Gasteiger partial charge in [-0.2, -0.15) is 0 Å². The lowest BCUT2D eigenvalue weighted by molar-refractivity contribution is -0.122. The van der Waals surface area contributed by atoms with Crippen LogP contribution in [0.1, 0.15) is 52.9 Å². The molecule has 2 atom stereocenters. The van der Waals surface area contributed by atoms with E-state index in [9.17, 15) is 9.59 Å². The highest BCUT2D eigenvalue weighted by Gasteiger charge is 2.06. The zero-order chi connectivity index (χ0) is 14.0. The average Bonchev–Trinajstić information content (AvgIpc) is 2.28. The molecular weight excluding hydrogens is 230 g/mol. The van der Waals surface area contributed by atoms with E-state index in [1.165, 1.54) is 0 Å². The number of carbonyl (C=O) groups excluding carboxylic acids is 2. The van der Waals surface area contributed by atoms with Crippen LogP contribution in [0.4, 0.5) is 0 Å². The van der Waals surface area contributed by atoms with Gasteiger partial charge in [0.15, 0.2) is 0 Å². The van der Waals surface area contributed by atoms with E-state index < -0.39 is 0 Å². The largest absolute Gasteiger partial charge is 0.356 e. The second kappa shape index (κ2) is 9.88. The maximum absolute atomic E-state index is 11.4. The number of amides is 2. The maximum Gasteiger partial charge on any atom is 0.221 e. The molecule has 5 heteroatoms. The van der Waals surface area contributed by atoms with Gasteiger partial charge in [-0.25, -0.2) is 0 Å². The molecule has 0 aromatic heterocycles. The highest BCUT2D eigenvalue weighted by Crippen LogP contribution is 1.98. The van der Waals surface area contributed by atoms with Crippen LogP contribution in [0, 0.1) is 0 Å². The Morgan fingerprint density at radius 1 is 1.17 bits per heavy atom. The molecule has 0 aromatic rings. The van der Waals surface area contributed by atoms with Gasteiger partial charge in [-0.15, -0.1) is 0 Å². The summed E-state index contributed by atoms with van der Waals surface area (Å²) in [6.07, 6.45) is 3.37. The van der Waals surface area contributed by atoms with Crippen molar-refractivity contribution in [3.8, 4) is 0 Å². The molecule has 0 spiro atoms. The van der Waals surface area contributed by atoms with E-state index in [2.05, 4.69) is 10.6 Å². The Morgan fingerprint density at radius 2 is 1.83 bits per heavy atom. The van der Waals surface area contributed by atoms with E-state index in [4.69, 9.17) is 5.73 Å². The van der Waals surface area contributed by atoms with E-state index in [0.29, 0.717) is 19.4 Å². The molecule has 4 N–H and O–H groups in total. The summed E-state index contributed by atoms with van der Waals surface area (Å²) in [4.78, 5) is 22.8. The average molecular weight is 257 g/mol. The van der Waals surface area contributed by atoms with E-state index in [0.717, 1.165) is 19.3 Å². The zero-order valence-electron chi connectivity index (χ0n) is 11.8. The fourth-order valence-corrected chi connectivity index (χ4v) is 1.44. The van der Waals surface area contributed by atoms with Gasteiger partial charge in [0.25, 0.3) is 0 Å². The highest BCUT2D eigenvalue weighted by atomic mass is 16.2. The molecule has 0 fully saturated rings. The standard InChI is InChI=1S/C13H27N3O2/c1-4-11(3)16-13(18)8-9-15-12(17)7-5-6-10(2)14/h10-11H,4-9,14H2,1-3H3,(H,15,17)(H,16,18). The van der Waals surface area contributed by atoms with Crippen molar-refractivity contribution in [2.75, 3.05) is 6.54 Å². The smallest absolute Gasteiger partial charge is 0.221 e. The van der Waals surface area contributed by atoms with Crippen molar-refractivity contribution in [1.29, 1.82) is 0 Å². The molecule has 0 aliphatic carbocycles. The molecule has 5 nitrogen and oxygen atoms in total. The van der Waals surface area contributed by atoms with E-state index in [1.807, 2.05) is 20.8 Å². The van der Waals surface area contributed by atoms with Crippen LogP contribution in [0.15, 0.2) is 0 Å². The Balaban J connectivity index is 3.53. The van der Waals surface area contributed by atoms with E-state index >= 15 is 0 Å². The van der Waals surface area contributed by atoms with Gasteiger partial charge in [0, 0.05) is 31.5 Å². The van der Waals surface area contributed by atoms with E-state index in [-0.39, 0.29) is 23.9 Å². The van der Waals surface area contributed by atoms with Crippen molar-refractivity contribution in [2.24, 2.45) is 5.73 Å². The molecule has 18 heavy (non-hydrogen) atoms. The fourth-order valence-electron chi connectivity index (χ4n) is 1.44. The topological polar surface area (TPSA) is 84.2 Å². The summed E-state index contributed by atoms with van der Waals surface area (Å²) in [5.41, 5.74) is 5.59. The van der Waals surface area contributed by atoms with E-state index in [1.54, 1.807) is 0 Å². The SMILES string of the molecule is CCC(C)NC(=O)CCNC(=O)CCCC(C)N.